The van der Waals surface area contributed by atoms with Gasteiger partial charge in [0.25, 0.3) is 5.91 Å². The molecule has 0 aliphatic carbocycles. The molecule has 1 saturated heterocycles. The number of nitrogens with one attached hydrogen (secondary N) is 1. The number of cyclic esters (lactones) is 1. The van der Waals surface area contributed by atoms with Gasteiger partial charge in [-0.3, -0.25) is 32.8 Å². The summed E-state index contributed by atoms with van der Waals surface area (Å²) >= 11 is 0. The number of benzene rings is 1. The van der Waals surface area contributed by atoms with Crippen molar-refractivity contribution >= 4 is 28.5 Å². The second-order valence-corrected chi connectivity index (χ2v) is 8.72. The molecule has 8 nitrogen and oxygen atoms in total. The molecule has 2 aliphatic heterocycles. The van der Waals surface area contributed by atoms with Crippen molar-refractivity contribution in [1.82, 2.24) is 20.0 Å². The number of esters is 1. The summed E-state index contributed by atoms with van der Waals surface area (Å²) in [4.78, 5) is 30.3. The molecular formula is C26H31LiN5O3-. The Labute approximate surface area is 218 Å². The summed E-state index contributed by atoms with van der Waals surface area (Å²) in [6, 6.07) is 4.45. The number of aromatic nitrogens is 2. The fourth-order valence-electron chi connectivity index (χ4n) is 4.48. The number of nitrogens with zero attached hydrogens (tertiary/aromatic N) is 3. The number of carbonyl (C=O) groups is 2. The fourth-order valence-corrected chi connectivity index (χ4v) is 4.48. The minimum absolute atomic E-state index is 0. The van der Waals surface area contributed by atoms with E-state index in [0.717, 1.165) is 28.8 Å². The van der Waals surface area contributed by atoms with Crippen molar-refractivity contribution in [3.8, 4) is 0 Å². The van der Waals surface area contributed by atoms with Crippen molar-refractivity contribution in [3.05, 3.63) is 60.5 Å². The number of fused-ring (bicyclic) bond motifs is 3. The van der Waals surface area contributed by atoms with Gasteiger partial charge in [-0.1, -0.05) is 19.4 Å². The van der Waals surface area contributed by atoms with E-state index < -0.39 is 12.1 Å². The first-order chi connectivity index (χ1) is 16.4. The number of amides is 1. The van der Waals surface area contributed by atoms with Gasteiger partial charge in [0, 0.05) is 19.5 Å². The zero-order chi connectivity index (χ0) is 24.2. The van der Waals surface area contributed by atoms with Gasteiger partial charge in [-0.15, -0.1) is 11.6 Å². The van der Waals surface area contributed by atoms with Gasteiger partial charge in [0.15, 0.2) is 0 Å². The zero-order valence-electron chi connectivity index (χ0n) is 20.5. The van der Waals surface area contributed by atoms with Crippen LogP contribution >= 0.6 is 0 Å². The van der Waals surface area contributed by atoms with Crippen LogP contribution in [0.25, 0.3) is 16.6 Å². The summed E-state index contributed by atoms with van der Waals surface area (Å²) in [6.07, 6.45) is 6.08. The molecular weight excluding hydrogens is 437 g/mol. The summed E-state index contributed by atoms with van der Waals surface area (Å²) in [5.41, 5.74) is 13.0. The minimum atomic E-state index is -0.837. The number of ether oxygens (including phenoxy) is 1. The van der Waals surface area contributed by atoms with Crippen molar-refractivity contribution < 1.29 is 33.2 Å². The van der Waals surface area contributed by atoms with Crippen LogP contribution in [0, 0.1) is 13.2 Å². The Morgan fingerprint density at radius 2 is 2.09 bits per heavy atom. The van der Waals surface area contributed by atoms with Crippen molar-refractivity contribution in [2.75, 3.05) is 13.2 Å². The second-order valence-electron chi connectivity index (χ2n) is 8.72. The Bertz CT molecular complexity index is 1160. The van der Waals surface area contributed by atoms with E-state index >= 15 is 0 Å². The van der Waals surface area contributed by atoms with E-state index in [1.807, 2.05) is 18.2 Å². The Kier molecular flexibility index (Phi) is 9.14. The van der Waals surface area contributed by atoms with E-state index in [-0.39, 0.29) is 43.8 Å². The molecule has 2 aliphatic rings. The number of hydrazine groups is 1. The summed E-state index contributed by atoms with van der Waals surface area (Å²) < 4.78 is 7.68. The number of nitrogens with two attached hydrogens (primary N) is 1. The van der Waals surface area contributed by atoms with Gasteiger partial charge >= 0.3 is 24.8 Å². The molecule has 4 bridgehead atoms. The molecule has 180 valence electrons. The Morgan fingerprint density at radius 3 is 2.83 bits per heavy atom. The molecule has 4 rings (SSSR count). The molecule has 3 N–H and O–H groups in total. The topological polar surface area (TPSA) is 102 Å². The number of rotatable bonds is 2. The monoisotopic (exact) mass is 468 g/mol. The van der Waals surface area contributed by atoms with Gasteiger partial charge in [0.1, 0.15) is 11.9 Å². The summed E-state index contributed by atoms with van der Waals surface area (Å²) in [7, 11) is 0. The first-order valence-corrected chi connectivity index (χ1v) is 11.8. The van der Waals surface area contributed by atoms with Crippen molar-refractivity contribution in [1.29, 1.82) is 0 Å². The maximum atomic E-state index is 12.9. The molecule has 1 amide bonds. The van der Waals surface area contributed by atoms with Gasteiger partial charge in [-0.25, -0.2) is 28.6 Å². The number of allylic oxidation sites excluding steroid dienone is 3. The van der Waals surface area contributed by atoms with E-state index in [1.54, 1.807) is 6.08 Å². The van der Waals surface area contributed by atoms with Crippen LogP contribution in [0.15, 0.2) is 35.9 Å². The molecule has 1 aromatic carbocycles. The Morgan fingerprint density at radius 1 is 1.29 bits per heavy atom. The number of hydrogen-bond acceptors (Lipinski definition) is 6. The summed E-state index contributed by atoms with van der Waals surface area (Å²) in [5, 5.41) is 1.42. The van der Waals surface area contributed by atoms with Crippen molar-refractivity contribution in [2.45, 2.75) is 57.7 Å². The molecule has 0 unspecified atom stereocenters. The van der Waals surface area contributed by atoms with Crippen molar-refractivity contribution in [3.63, 3.8) is 0 Å². The standard InChI is InChI=1S/C26H31N5O3.Li/c1-4-18-14-17(3)19-9-10-21-23(16-19)30(24(5-2)28-21)11-7-13-34-26(33)22-8-6-12-31(29-22)25(32)20(27)15-18;/h1,3-4,9-10,14,16,20,22,29H,5-8,11-13,15,27H2,2H3;/q-2;+1/b18-14+;/t20-,22-;/m0./s1. The maximum Gasteiger partial charge on any atom is 1.00 e. The predicted octanol–water partition coefficient (Wildman–Crippen LogP) is -0.505. The first kappa shape index (κ1) is 27.0. The molecule has 2 aromatic rings. The zero-order valence-corrected chi connectivity index (χ0v) is 20.5. The maximum absolute atomic E-state index is 12.9. The quantitative estimate of drug-likeness (QED) is 0.350. The predicted molar refractivity (Wildman–Crippen MR) is 130 cm³/mol. The van der Waals surface area contributed by atoms with Crippen molar-refractivity contribution in [2.24, 2.45) is 5.73 Å². The normalized spacial score (nSPS) is 23.7. The van der Waals surface area contributed by atoms with Gasteiger partial charge in [-0.05, 0) is 25.3 Å². The number of carbonyl (C=O) groups excluding carboxylic acids is 2. The molecule has 2 atom stereocenters. The molecule has 9 heteroatoms. The molecule has 1 fully saturated rings. The number of hydrogen-bond donors (Lipinski definition) is 2. The van der Waals surface area contributed by atoms with Crippen LogP contribution in [0.1, 0.15) is 44.0 Å². The van der Waals surface area contributed by atoms with E-state index in [4.69, 9.17) is 28.6 Å². The molecule has 0 saturated carbocycles. The van der Waals surface area contributed by atoms with E-state index in [9.17, 15) is 9.59 Å². The summed E-state index contributed by atoms with van der Waals surface area (Å²) in [5.74, 6) is 0.299. The number of aryl methyl sites for hydroxylation is 2. The third-order valence-corrected chi connectivity index (χ3v) is 6.31. The molecule has 0 radical (unpaired) electrons. The average molecular weight is 469 g/mol. The third-order valence-electron chi connectivity index (χ3n) is 6.31. The molecule has 0 spiro atoms. The van der Waals surface area contributed by atoms with Crippen LogP contribution in [0.2, 0.25) is 0 Å². The first-order valence-electron chi connectivity index (χ1n) is 11.8. The van der Waals surface area contributed by atoms with Crippen LogP contribution in [-0.4, -0.2) is 51.7 Å². The van der Waals surface area contributed by atoms with Crippen LogP contribution in [0.5, 0.6) is 0 Å². The van der Waals surface area contributed by atoms with E-state index in [1.165, 1.54) is 11.1 Å². The summed E-state index contributed by atoms with van der Waals surface area (Å²) in [6.45, 7) is 15.7. The van der Waals surface area contributed by atoms with Crippen LogP contribution in [0.4, 0.5) is 0 Å². The second kappa shape index (κ2) is 11.9. The van der Waals surface area contributed by atoms with Crippen LogP contribution in [0.3, 0.4) is 0 Å². The Balaban J connectivity index is 0.00000342. The van der Waals surface area contributed by atoms with Crippen LogP contribution in [-0.2, 0) is 27.3 Å². The van der Waals surface area contributed by atoms with Gasteiger partial charge in [0.05, 0.1) is 23.7 Å². The number of imidazole rings is 1. The van der Waals surface area contributed by atoms with E-state index in [0.29, 0.717) is 43.5 Å². The largest absolute Gasteiger partial charge is 1.00 e. The van der Waals surface area contributed by atoms with E-state index in [2.05, 4.69) is 16.9 Å². The smallest absolute Gasteiger partial charge is 0.464 e. The van der Waals surface area contributed by atoms with Gasteiger partial charge in [-0.2, -0.15) is 0 Å². The van der Waals surface area contributed by atoms with Gasteiger partial charge in [0.2, 0.25) is 0 Å². The molecule has 3 heterocycles. The molecule has 35 heavy (non-hydrogen) atoms. The minimum Gasteiger partial charge on any atom is -0.464 e. The fraction of sp³-hybridized carbons (Fsp3) is 0.423. The van der Waals surface area contributed by atoms with Crippen LogP contribution < -0.4 is 30.0 Å². The third kappa shape index (κ3) is 5.96. The molecule has 1 aromatic heterocycles. The average Bonchev–Trinajstić information content (AvgIpc) is 3.21. The SMILES string of the molecule is [CH-]=C/C1=C\C(=[CH-])c2ccc3nc(CC)n(c3c2)CCCOC(=O)[C@@H]2CCCN(N2)C(=O)[C@@H](N)C1.[Li+]. The Hall–Kier alpha value is -2.63. The van der Waals surface area contributed by atoms with Gasteiger partial charge < -0.3 is 15.0 Å².